The van der Waals surface area contributed by atoms with E-state index in [1.54, 1.807) is 12.1 Å². The number of carbonyl (C=O) groups excluding carboxylic acids is 2. The number of carbonyl (C=O) groups is 2. The van der Waals surface area contributed by atoms with Crippen LogP contribution in [0.1, 0.15) is 17.3 Å². The molecule has 0 saturated heterocycles. The molecule has 1 heterocycles. The van der Waals surface area contributed by atoms with Crippen molar-refractivity contribution < 1.29 is 23.8 Å². The van der Waals surface area contributed by atoms with E-state index in [2.05, 4.69) is 4.74 Å². The van der Waals surface area contributed by atoms with Crippen LogP contribution in [0.4, 0.5) is 0 Å². The van der Waals surface area contributed by atoms with E-state index in [9.17, 15) is 9.59 Å². The van der Waals surface area contributed by atoms with Crippen LogP contribution in [0.3, 0.4) is 0 Å². The summed E-state index contributed by atoms with van der Waals surface area (Å²) in [6.45, 7) is 1.45. The van der Waals surface area contributed by atoms with Crippen LogP contribution >= 0.6 is 0 Å². The van der Waals surface area contributed by atoms with E-state index in [-0.39, 0.29) is 11.5 Å². The lowest BCUT2D eigenvalue weighted by Crippen LogP contribution is -2.15. The molecule has 0 bridgehead atoms. The molecule has 0 aliphatic carbocycles. The van der Waals surface area contributed by atoms with E-state index in [4.69, 9.17) is 9.47 Å². The Morgan fingerprint density at radius 2 is 2.00 bits per heavy atom. The maximum atomic E-state index is 11.2. The van der Waals surface area contributed by atoms with Crippen LogP contribution < -0.4 is 9.47 Å². The predicted molar refractivity (Wildman–Crippen MR) is 57.8 cm³/mol. The monoisotopic (exact) mass is 234 g/mol. The van der Waals surface area contributed by atoms with Gasteiger partial charge in [-0.2, -0.15) is 0 Å². The Morgan fingerprint density at radius 1 is 1.24 bits per heavy atom. The highest BCUT2D eigenvalue weighted by molar-refractivity contribution is 5.95. The normalized spacial score (nSPS) is 12.7. The van der Waals surface area contributed by atoms with Crippen molar-refractivity contribution in [3.63, 3.8) is 0 Å². The smallest absolute Gasteiger partial charge is 0.377 e. The molecule has 0 saturated carbocycles. The second-order valence-electron chi connectivity index (χ2n) is 3.41. The van der Waals surface area contributed by atoms with Gasteiger partial charge in [-0.25, -0.2) is 4.79 Å². The number of ether oxygens (including phenoxy) is 3. The van der Waals surface area contributed by atoms with Gasteiger partial charge in [0.25, 0.3) is 0 Å². The van der Waals surface area contributed by atoms with Gasteiger partial charge in [0.1, 0.15) is 6.26 Å². The zero-order valence-corrected chi connectivity index (χ0v) is 9.35. The van der Waals surface area contributed by atoms with Crippen LogP contribution in [-0.4, -0.2) is 18.9 Å². The minimum Gasteiger partial charge on any atom is -0.463 e. The lowest BCUT2D eigenvalue weighted by molar-refractivity contribution is -0.138. The summed E-state index contributed by atoms with van der Waals surface area (Å²) in [6, 6.07) is 4.76. The van der Waals surface area contributed by atoms with Gasteiger partial charge < -0.3 is 14.2 Å². The molecule has 2 rings (SSSR count). The second kappa shape index (κ2) is 4.29. The van der Waals surface area contributed by atoms with Gasteiger partial charge in [-0.15, -0.1) is 0 Å². The third-order valence-electron chi connectivity index (χ3n) is 2.25. The Labute approximate surface area is 97.6 Å². The fourth-order valence-electron chi connectivity index (χ4n) is 1.35. The molecule has 0 unspecified atom stereocenters. The largest absolute Gasteiger partial charge is 0.463 e. The molecule has 0 fully saturated rings. The molecular formula is C12H10O5. The Bertz CT molecular complexity index is 516. The van der Waals surface area contributed by atoms with E-state index >= 15 is 0 Å². The van der Waals surface area contributed by atoms with E-state index in [0.29, 0.717) is 17.1 Å². The van der Waals surface area contributed by atoms with Crippen molar-refractivity contribution in [1.29, 1.82) is 0 Å². The minimum absolute atomic E-state index is 0.0549. The van der Waals surface area contributed by atoms with E-state index in [0.717, 1.165) is 0 Å². The number of ketones is 1. The van der Waals surface area contributed by atoms with Gasteiger partial charge in [-0.05, 0) is 25.1 Å². The highest BCUT2D eigenvalue weighted by Crippen LogP contribution is 2.33. The quantitative estimate of drug-likeness (QED) is 0.575. The fraction of sp³-hybridized carbons (Fsp3) is 0.167. The van der Waals surface area contributed by atoms with Crippen molar-refractivity contribution in [1.82, 2.24) is 0 Å². The summed E-state index contributed by atoms with van der Waals surface area (Å²) in [5.41, 5.74) is 0.485. The van der Waals surface area contributed by atoms with Crippen LogP contribution in [0, 0.1) is 0 Å². The molecule has 1 aliphatic heterocycles. The molecule has 5 nitrogen and oxygen atoms in total. The first kappa shape index (κ1) is 11.2. The molecule has 0 N–H and O–H groups in total. The number of rotatable bonds is 2. The molecule has 0 radical (unpaired) electrons. The Morgan fingerprint density at radius 3 is 2.65 bits per heavy atom. The maximum absolute atomic E-state index is 11.2. The van der Waals surface area contributed by atoms with Gasteiger partial charge >= 0.3 is 5.97 Å². The zero-order valence-electron chi connectivity index (χ0n) is 9.35. The first-order valence-electron chi connectivity index (χ1n) is 4.90. The van der Waals surface area contributed by atoms with Crippen molar-refractivity contribution in [3.8, 4) is 11.5 Å². The van der Waals surface area contributed by atoms with Gasteiger partial charge in [-0.3, -0.25) is 4.79 Å². The van der Waals surface area contributed by atoms with E-state index in [1.165, 1.54) is 26.4 Å². The SMILES string of the molecule is COC(=O)C1=COc2ccc(C(C)=O)cc2O1. The molecule has 5 heteroatoms. The van der Waals surface area contributed by atoms with Crippen LogP contribution in [0.2, 0.25) is 0 Å². The summed E-state index contributed by atoms with van der Waals surface area (Å²) in [4.78, 5) is 22.4. The van der Waals surface area contributed by atoms with Crippen LogP contribution in [0.15, 0.2) is 30.2 Å². The van der Waals surface area contributed by atoms with Crippen molar-refractivity contribution in [3.05, 3.63) is 35.8 Å². The average molecular weight is 234 g/mol. The summed E-state index contributed by atoms with van der Waals surface area (Å²) in [5.74, 6) is -0.0154. The average Bonchev–Trinajstić information content (AvgIpc) is 2.36. The summed E-state index contributed by atoms with van der Waals surface area (Å²) in [5, 5.41) is 0. The van der Waals surface area contributed by atoms with Gasteiger partial charge in [0.2, 0.25) is 5.76 Å². The second-order valence-corrected chi connectivity index (χ2v) is 3.41. The molecule has 0 aromatic heterocycles. The number of esters is 1. The van der Waals surface area contributed by atoms with Gasteiger partial charge in [0.05, 0.1) is 7.11 Å². The standard InChI is InChI=1S/C12H10O5/c1-7(13)8-3-4-9-10(5-8)17-11(6-16-9)12(14)15-2/h3-6H,1-2H3. The van der Waals surface area contributed by atoms with E-state index in [1.807, 2.05) is 0 Å². The number of fused-ring (bicyclic) bond motifs is 1. The van der Waals surface area contributed by atoms with Crippen molar-refractivity contribution >= 4 is 11.8 Å². The molecule has 17 heavy (non-hydrogen) atoms. The molecule has 1 aliphatic rings. The van der Waals surface area contributed by atoms with Crippen molar-refractivity contribution in [2.24, 2.45) is 0 Å². The summed E-state index contributed by atoms with van der Waals surface area (Å²) in [7, 11) is 1.24. The fourth-order valence-corrected chi connectivity index (χ4v) is 1.35. The summed E-state index contributed by atoms with van der Waals surface area (Å²) < 4.78 is 15.0. The zero-order chi connectivity index (χ0) is 12.4. The Kier molecular flexibility index (Phi) is 2.82. The molecular weight excluding hydrogens is 224 g/mol. The first-order valence-corrected chi connectivity index (χ1v) is 4.90. The van der Waals surface area contributed by atoms with Gasteiger partial charge in [0, 0.05) is 5.56 Å². The number of hydrogen-bond acceptors (Lipinski definition) is 5. The number of benzene rings is 1. The molecule has 88 valence electrons. The molecule has 0 atom stereocenters. The van der Waals surface area contributed by atoms with Gasteiger partial charge in [0.15, 0.2) is 17.3 Å². The van der Waals surface area contributed by atoms with Gasteiger partial charge in [-0.1, -0.05) is 0 Å². The predicted octanol–water partition coefficient (Wildman–Crippen LogP) is 1.67. The van der Waals surface area contributed by atoms with Crippen LogP contribution in [-0.2, 0) is 9.53 Å². The lowest BCUT2D eigenvalue weighted by Gasteiger charge is -2.17. The Balaban J connectivity index is 2.31. The summed E-state index contributed by atoms with van der Waals surface area (Å²) >= 11 is 0. The maximum Gasteiger partial charge on any atom is 0.377 e. The van der Waals surface area contributed by atoms with Crippen molar-refractivity contribution in [2.75, 3.05) is 7.11 Å². The number of methoxy groups -OCH3 is 1. The minimum atomic E-state index is -0.635. The van der Waals surface area contributed by atoms with Crippen molar-refractivity contribution in [2.45, 2.75) is 6.92 Å². The highest BCUT2D eigenvalue weighted by Gasteiger charge is 2.21. The van der Waals surface area contributed by atoms with Crippen LogP contribution in [0.5, 0.6) is 11.5 Å². The molecule has 0 amide bonds. The lowest BCUT2D eigenvalue weighted by atomic mass is 10.1. The topological polar surface area (TPSA) is 61.8 Å². The van der Waals surface area contributed by atoms with Crippen LogP contribution in [0.25, 0.3) is 0 Å². The summed E-state index contributed by atoms with van der Waals surface area (Å²) in [6.07, 6.45) is 1.17. The third kappa shape index (κ3) is 2.13. The highest BCUT2D eigenvalue weighted by atomic mass is 16.6. The number of hydrogen-bond donors (Lipinski definition) is 0. The molecule has 1 aromatic rings. The Hall–Kier alpha value is -2.30. The number of Topliss-reactive ketones (excluding diaryl/α,β-unsaturated/α-hetero) is 1. The third-order valence-corrected chi connectivity index (χ3v) is 2.25. The molecule has 0 spiro atoms. The first-order chi connectivity index (χ1) is 8.11. The van der Waals surface area contributed by atoms with E-state index < -0.39 is 5.97 Å². The molecule has 1 aromatic carbocycles.